The van der Waals surface area contributed by atoms with Crippen molar-refractivity contribution in [1.82, 2.24) is 4.90 Å². The summed E-state index contributed by atoms with van der Waals surface area (Å²) in [6.07, 6.45) is 1.06. The van der Waals surface area contributed by atoms with Crippen LogP contribution in [0.5, 0.6) is 5.75 Å². The minimum atomic E-state index is -3.60. The Morgan fingerprint density at radius 3 is 2.03 bits per heavy atom. The average Bonchev–Trinajstić information content (AvgIpc) is 2.67. The molecule has 29 heavy (non-hydrogen) atoms. The second-order valence-electron chi connectivity index (χ2n) is 6.47. The molecule has 7 nitrogen and oxygen atoms in total. The zero-order valence-corrected chi connectivity index (χ0v) is 17.4. The highest BCUT2D eigenvalue weighted by Crippen LogP contribution is 2.17. The van der Waals surface area contributed by atoms with Gasteiger partial charge in [-0.15, -0.1) is 0 Å². The fourth-order valence-corrected chi connectivity index (χ4v) is 3.14. The van der Waals surface area contributed by atoms with Gasteiger partial charge < -0.3 is 13.8 Å². The summed E-state index contributed by atoms with van der Waals surface area (Å²) in [5.74, 6) is -0.361. The largest absolute Gasteiger partial charge is 0.466 e. The van der Waals surface area contributed by atoms with Crippen LogP contribution in [0, 0.1) is 0 Å². The molecule has 0 fully saturated rings. The summed E-state index contributed by atoms with van der Waals surface area (Å²) in [7, 11) is -3.60. The Hall–Kier alpha value is -2.87. The molecule has 2 aromatic rings. The number of hydrogen-bond donors (Lipinski definition) is 0. The van der Waals surface area contributed by atoms with Gasteiger partial charge in [0.2, 0.25) is 5.91 Å². The van der Waals surface area contributed by atoms with Crippen LogP contribution in [0.2, 0.25) is 0 Å². The molecular weight excluding hydrogens is 394 g/mol. The second kappa shape index (κ2) is 10.6. The molecule has 1 amide bonds. The standard InChI is InChI=1S/C21H25NO6S/c1-3-27-21(24)14-13-20(23)22(15-17-7-5-4-6-8-17)16-18-9-11-19(12-10-18)28-29(2,25)26/h4-12H,3,13-16H2,1-2H3. The van der Waals surface area contributed by atoms with E-state index >= 15 is 0 Å². The maximum absolute atomic E-state index is 12.7. The smallest absolute Gasteiger partial charge is 0.306 e. The van der Waals surface area contributed by atoms with E-state index in [2.05, 4.69) is 0 Å². The van der Waals surface area contributed by atoms with E-state index in [-0.39, 0.29) is 31.1 Å². The highest BCUT2D eigenvalue weighted by Gasteiger charge is 2.17. The van der Waals surface area contributed by atoms with E-state index in [9.17, 15) is 18.0 Å². The molecule has 2 rings (SSSR count). The van der Waals surface area contributed by atoms with Crippen molar-refractivity contribution < 1.29 is 26.9 Å². The van der Waals surface area contributed by atoms with E-state index in [1.165, 1.54) is 0 Å². The van der Waals surface area contributed by atoms with Crippen molar-refractivity contribution in [1.29, 1.82) is 0 Å². The summed E-state index contributed by atoms with van der Waals surface area (Å²) < 4.78 is 32.2. The minimum Gasteiger partial charge on any atom is -0.466 e. The number of ether oxygens (including phenoxy) is 1. The van der Waals surface area contributed by atoms with Crippen molar-refractivity contribution in [3.05, 3.63) is 65.7 Å². The van der Waals surface area contributed by atoms with Gasteiger partial charge in [-0.25, -0.2) is 0 Å². The molecule has 0 bridgehead atoms. The molecule has 0 N–H and O–H groups in total. The van der Waals surface area contributed by atoms with Crippen LogP contribution >= 0.6 is 0 Å². The molecule has 0 radical (unpaired) electrons. The van der Waals surface area contributed by atoms with Crippen molar-refractivity contribution in [2.45, 2.75) is 32.9 Å². The number of rotatable bonds is 10. The van der Waals surface area contributed by atoms with Crippen molar-refractivity contribution in [2.75, 3.05) is 12.9 Å². The van der Waals surface area contributed by atoms with Gasteiger partial charge in [-0.05, 0) is 30.2 Å². The lowest BCUT2D eigenvalue weighted by Gasteiger charge is -2.23. The lowest BCUT2D eigenvalue weighted by atomic mass is 10.1. The summed E-state index contributed by atoms with van der Waals surface area (Å²) in [5.41, 5.74) is 1.78. The molecular formula is C21H25NO6S. The van der Waals surface area contributed by atoms with Gasteiger partial charge in [-0.3, -0.25) is 9.59 Å². The number of amides is 1. The number of hydrogen-bond acceptors (Lipinski definition) is 6. The van der Waals surface area contributed by atoms with Crippen molar-refractivity contribution in [2.24, 2.45) is 0 Å². The molecule has 0 saturated heterocycles. The Bertz CT molecular complexity index is 910. The zero-order valence-electron chi connectivity index (χ0n) is 16.5. The van der Waals surface area contributed by atoms with Crippen LogP contribution in [-0.2, 0) is 37.5 Å². The van der Waals surface area contributed by atoms with E-state index in [1.807, 2.05) is 30.3 Å². The molecule has 0 aromatic heterocycles. The van der Waals surface area contributed by atoms with Crippen molar-refractivity contribution in [3.8, 4) is 5.75 Å². The van der Waals surface area contributed by atoms with E-state index in [4.69, 9.17) is 8.92 Å². The quantitative estimate of drug-likeness (QED) is 0.434. The molecule has 2 aromatic carbocycles. The van der Waals surface area contributed by atoms with Gasteiger partial charge in [-0.2, -0.15) is 8.42 Å². The van der Waals surface area contributed by atoms with Crippen LogP contribution in [0.1, 0.15) is 30.9 Å². The zero-order chi connectivity index (χ0) is 21.3. The van der Waals surface area contributed by atoms with E-state index < -0.39 is 16.1 Å². The second-order valence-corrected chi connectivity index (χ2v) is 8.05. The SMILES string of the molecule is CCOC(=O)CCC(=O)N(Cc1ccccc1)Cc1ccc(OS(C)(=O)=O)cc1. The Kier molecular flexibility index (Phi) is 8.21. The first-order valence-corrected chi connectivity index (χ1v) is 11.0. The fraction of sp³-hybridized carbons (Fsp3) is 0.333. The fourth-order valence-electron chi connectivity index (χ4n) is 2.68. The third-order valence-corrected chi connectivity index (χ3v) is 4.46. The predicted octanol–water partition coefficient (Wildman–Crippen LogP) is 2.90. The van der Waals surface area contributed by atoms with Gasteiger partial charge in [-0.1, -0.05) is 42.5 Å². The summed E-state index contributed by atoms with van der Waals surface area (Å²) >= 11 is 0. The Morgan fingerprint density at radius 1 is 0.897 bits per heavy atom. The first-order valence-electron chi connectivity index (χ1n) is 9.22. The van der Waals surface area contributed by atoms with Crippen LogP contribution in [-0.4, -0.2) is 38.1 Å². The number of carbonyl (C=O) groups excluding carboxylic acids is 2. The van der Waals surface area contributed by atoms with Crippen LogP contribution in [0.25, 0.3) is 0 Å². The van der Waals surface area contributed by atoms with Gasteiger partial charge in [0.25, 0.3) is 0 Å². The maximum Gasteiger partial charge on any atom is 0.306 e. The maximum atomic E-state index is 12.7. The summed E-state index contributed by atoms with van der Waals surface area (Å²) in [4.78, 5) is 26.0. The van der Waals surface area contributed by atoms with Gasteiger partial charge >= 0.3 is 16.1 Å². The van der Waals surface area contributed by atoms with E-state index in [1.54, 1.807) is 36.1 Å². The summed E-state index contributed by atoms with van der Waals surface area (Å²) in [5, 5.41) is 0. The normalized spacial score (nSPS) is 11.0. The first-order chi connectivity index (χ1) is 13.8. The van der Waals surface area contributed by atoms with Crippen molar-refractivity contribution in [3.63, 3.8) is 0 Å². The molecule has 156 valence electrons. The monoisotopic (exact) mass is 419 g/mol. The molecule has 0 heterocycles. The van der Waals surface area contributed by atoms with Gasteiger partial charge in [0.05, 0.1) is 19.3 Å². The molecule has 8 heteroatoms. The molecule has 0 saturated carbocycles. The third-order valence-electron chi connectivity index (χ3n) is 3.96. The van der Waals surface area contributed by atoms with Crippen LogP contribution in [0.3, 0.4) is 0 Å². The first kappa shape index (κ1) is 22.4. The van der Waals surface area contributed by atoms with Gasteiger partial charge in [0.1, 0.15) is 5.75 Å². The molecule has 0 atom stereocenters. The molecule has 0 spiro atoms. The highest BCUT2D eigenvalue weighted by molar-refractivity contribution is 7.86. The minimum absolute atomic E-state index is 0.0269. The Morgan fingerprint density at radius 2 is 1.48 bits per heavy atom. The number of benzene rings is 2. The highest BCUT2D eigenvalue weighted by atomic mass is 32.2. The predicted molar refractivity (Wildman–Crippen MR) is 108 cm³/mol. The van der Waals surface area contributed by atoms with Gasteiger partial charge in [0, 0.05) is 19.5 Å². The van der Waals surface area contributed by atoms with E-state index in [0.717, 1.165) is 17.4 Å². The summed E-state index contributed by atoms with van der Waals surface area (Å²) in [6, 6.07) is 16.0. The third kappa shape index (κ3) is 8.35. The topological polar surface area (TPSA) is 90.0 Å². The van der Waals surface area contributed by atoms with Crippen LogP contribution in [0.15, 0.2) is 54.6 Å². The lowest BCUT2D eigenvalue weighted by molar-refractivity contribution is -0.146. The number of esters is 1. The average molecular weight is 419 g/mol. The Balaban J connectivity index is 2.10. The van der Waals surface area contributed by atoms with E-state index in [0.29, 0.717) is 13.1 Å². The van der Waals surface area contributed by atoms with Crippen molar-refractivity contribution >= 4 is 22.0 Å². The lowest BCUT2D eigenvalue weighted by Crippen LogP contribution is -2.30. The molecule has 0 aliphatic heterocycles. The van der Waals surface area contributed by atoms with Gasteiger partial charge in [0.15, 0.2) is 0 Å². The van der Waals surface area contributed by atoms with Crippen LogP contribution < -0.4 is 4.18 Å². The van der Waals surface area contributed by atoms with Crippen LogP contribution in [0.4, 0.5) is 0 Å². The number of nitrogens with zero attached hydrogens (tertiary/aromatic N) is 1. The Labute approximate surface area is 171 Å². The number of carbonyl (C=O) groups is 2. The molecule has 0 aliphatic rings. The molecule has 0 unspecified atom stereocenters. The molecule has 0 aliphatic carbocycles. The summed E-state index contributed by atoms with van der Waals surface area (Å²) in [6.45, 7) is 2.71.